The molecule has 2 fully saturated rings. The molecule has 2 atom stereocenters. The molecule has 0 radical (unpaired) electrons. The van der Waals surface area contributed by atoms with Crippen LogP contribution in [0.1, 0.15) is 36.3 Å². The van der Waals surface area contributed by atoms with Gasteiger partial charge in [0, 0.05) is 25.6 Å². The summed E-state index contributed by atoms with van der Waals surface area (Å²) in [6, 6.07) is 3.16. The second-order valence-corrected chi connectivity index (χ2v) is 6.94. The molecule has 6 heteroatoms. The third-order valence-corrected chi connectivity index (χ3v) is 5.30. The quantitative estimate of drug-likeness (QED) is 0.921. The van der Waals surface area contributed by atoms with Gasteiger partial charge in [0.2, 0.25) is 0 Å². The van der Waals surface area contributed by atoms with Crippen LogP contribution in [0.2, 0.25) is 0 Å². The third-order valence-electron chi connectivity index (χ3n) is 5.30. The number of alkyl halides is 3. The van der Waals surface area contributed by atoms with E-state index in [1.54, 1.807) is 7.05 Å². The molecule has 3 nitrogen and oxygen atoms in total. The van der Waals surface area contributed by atoms with Gasteiger partial charge >= 0.3 is 6.18 Å². The fourth-order valence-electron chi connectivity index (χ4n) is 3.90. The second kappa shape index (κ2) is 5.30. The van der Waals surface area contributed by atoms with Gasteiger partial charge in [-0.05, 0) is 49.4 Å². The molecule has 2 heterocycles. The Morgan fingerprint density at radius 3 is 2.74 bits per heavy atom. The van der Waals surface area contributed by atoms with E-state index in [0.29, 0.717) is 24.0 Å². The maximum atomic E-state index is 13.6. The number of likely N-dealkylation sites (N-methyl/N-ethyl adjacent to an activating group) is 1. The number of hydrogen-bond donors (Lipinski definition) is 1. The first kappa shape index (κ1) is 15.1. The van der Waals surface area contributed by atoms with Gasteiger partial charge in [0.25, 0.3) is 0 Å². The zero-order chi connectivity index (χ0) is 16.2. The Kier molecular flexibility index (Phi) is 3.48. The Morgan fingerprint density at radius 1 is 1.26 bits per heavy atom. The highest BCUT2D eigenvalue weighted by molar-refractivity contribution is 5.69. The summed E-state index contributed by atoms with van der Waals surface area (Å²) in [5.41, 5.74) is 0.568. The van der Waals surface area contributed by atoms with Crippen LogP contribution in [0.3, 0.4) is 0 Å². The highest BCUT2D eigenvalue weighted by Crippen LogP contribution is 2.50. The number of nitrogens with one attached hydrogen (secondary N) is 1. The summed E-state index contributed by atoms with van der Waals surface area (Å²) in [5.74, 6) is 0.987. The standard InChI is InChI=1S/C17H21F3N2O/c1-22-15-4-5-21-8-13(15)12-6-11(23-9-10-2-3-10)7-14(16(12)22)17(18,19)20/h6-7,10,13,15,21H,2-5,8-9H2,1H3/t13-,15-/m1/s1. The van der Waals surface area contributed by atoms with Crippen LogP contribution in [0.15, 0.2) is 12.1 Å². The van der Waals surface area contributed by atoms with Gasteiger partial charge in [-0.2, -0.15) is 13.2 Å². The van der Waals surface area contributed by atoms with Gasteiger partial charge in [0.15, 0.2) is 0 Å². The van der Waals surface area contributed by atoms with E-state index < -0.39 is 11.7 Å². The van der Waals surface area contributed by atoms with Crippen molar-refractivity contribution in [3.8, 4) is 5.75 Å². The molecule has 2 aliphatic heterocycles. The lowest BCUT2D eigenvalue weighted by atomic mass is 9.89. The lowest BCUT2D eigenvalue weighted by Crippen LogP contribution is -2.42. The molecule has 1 aliphatic carbocycles. The van der Waals surface area contributed by atoms with Gasteiger partial charge in [-0.25, -0.2) is 0 Å². The van der Waals surface area contributed by atoms with E-state index in [2.05, 4.69) is 5.32 Å². The van der Waals surface area contributed by atoms with E-state index in [1.807, 2.05) is 11.0 Å². The number of ether oxygens (including phenoxy) is 1. The minimum Gasteiger partial charge on any atom is -0.493 e. The van der Waals surface area contributed by atoms with Crippen LogP contribution in [0.25, 0.3) is 0 Å². The van der Waals surface area contributed by atoms with E-state index >= 15 is 0 Å². The number of hydrogen-bond acceptors (Lipinski definition) is 3. The molecule has 3 aliphatic rings. The maximum Gasteiger partial charge on any atom is 0.418 e. The minimum atomic E-state index is -4.36. The fraction of sp³-hybridized carbons (Fsp3) is 0.647. The molecule has 23 heavy (non-hydrogen) atoms. The predicted molar refractivity (Wildman–Crippen MR) is 82.1 cm³/mol. The molecule has 126 valence electrons. The van der Waals surface area contributed by atoms with Crippen LogP contribution in [0, 0.1) is 5.92 Å². The smallest absolute Gasteiger partial charge is 0.418 e. The Labute approximate surface area is 133 Å². The Morgan fingerprint density at radius 2 is 2.04 bits per heavy atom. The average molecular weight is 326 g/mol. The molecule has 0 amide bonds. The van der Waals surface area contributed by atoms with Gasteiger partial charge in [-0.15, -0.1) is 0 Å². The summed E-state index contributed by atoms with van der Waals surface area (Å²) in [6.45, 7) is 2.11. The normalized spacial score (nSPS) is 26.9. The second-order valence-electron chi connectivity index (χ2n) is 6.94. The van der Waals surface area contributed by atoms with Crippen LogP contribution < -0.4 is 15.0 Å². The number of piperidine rings is 1. The van der Waals surface area contributed by atoms with Gasteiger partial charge in [-0.1, -0.05) is 0 Å². The van der Waals surface area contributed by atoms with Crippen LogP contribution in [-0.2, 0) is 6.18 Å². The predicted octanol–water partition coefficient (Wildman–Crippen LogP) is 3.39. The lowest BCUT2D eigenvalue weighted by Gasteiger charge is -2.31. The molecule has 0 bridgehead atoms. The van der Waals surface area contributed by atoms with Crippen molar-refractivity contribution in [3.63, 3.8) is 0 Å². The highest BCUT2D eigenvalue weighted by atomic mass is 19.4. The molecule has 1 aromatic carbocycles. The monoisotopic (exact) mass is 326 g/mol. The first-order valence-electron chi connectivity index (χ1n) is 8.26. The minimum absolute atomic E-state index is 0.106. The summed E-state index contributed by atoms with van der Waals surface area (Å²) in [7, 11) is 1.79. The molecule has 1 saturated carbocycles. The first-order valence-corrected chi connectivity index (χ1v) is 8.26. The van der Waals surface area contributed by atoms with Gasteiger partial charge in [0.05, 0.1) is 17.9 Å². The van der Waals surface area contributed by atoms with Crippen molar-refractivity contribution >= 4 is 5.69 Å². The van der Waals surface area contributed by atoms with Gasteiger partial charge in [0.1, 0.15) is 5.75 Å². The molecule has 1 saturated heterocycles. The zero-order valence-electron chi connectivity index (χ0n) is 13.1. The number of benzene rings is 1. The highest BCUT2D eigenvalue weighted by Gasteiger charge is 2.45. The summed E-state index contributed by atoms with van der Waals surface area (Å²) >= 11 is 0. The number of nitrogens with zero attached hydrogens (tertiary/aromatic N) is 1. The van der Waals surface area contributed by atoms with Crippen LogP contribution in [-0.4, -0.2) is 32.8 Å². The summed E-state index contributed by atoms with van der Waals surface area (Å²) in [5, 5.41) is 3.31. The van der Waals surface area contributed by atoms with Crippen molar-refractivity contribution in [1.29, 1.82) is 0 Å². The molecule has 1 aromatic rings. The molecule has 0 aromatic heterocycles. The SMILES string of the molecule is CN1c2c(cc(OCC3CC3)cc2C(F)(F)F)[C@H]2CNCC[C@H]21. The van der Waals surface area contributed by atoms with E-state index in [-0.39, 0.29) is 12.0 Å². The van der Waals surface area contributed by atoms with E-state index in [1.165, 1.54) is 6.07 Å². The molecule has 0 unspecified atom stereocenters. The fourth-order valence-corrected chi connectivity index (χ4v) is 3.90. The van der Waals surface area contributed by atoms with Crippen LogP contribution in [0.5, 0.6) is 5.75 Å². The summed E-state index contributed by atoms with van der Waals surface area (Å²) in [4.78, 5) is 1.83. The number of rotatable bonds is 3. The van der Waals surface area contributed by atoms with Crippen molar-refractivity contribution in [3.05, 3.63) is 23.3 Å². The van der Waals surface area contributed by atoms with Crippen molar-refractivity contribution in [2.75, 3.05) is 31.6 Å². The van der Waals surface area contributed by atoms with Crippen LogP contribution in [0.4, 0.5) is 18.9 Å². The van der Waals surface area contributed by atoms with E-state index in [0.717, 1.165) is 37.9 Å². The number of halogens is 3. The van der Waals surface area contributed by atoms with Crippen molar-refractivity contribution < 1.29 is 17.9 Å². The molecule has 0 spiro atoms. The largest absolute Gasteiger partial charge is 0.493 e. The van der Waals surface area contributed by atoms with E-state index in [9.17, 15) is 13.2 Å². The third kappa shape index (κ3) is 2.67. The van der Waals surface area contributed by atoms with Gasteiger partial charge < -0.3 is 15.0 Å². The maximum absolute atomic E-state index is 13.6. The van der Waals surface area contributed by atoms with Gasteiger partial charge in [-0.3, -0.25) is 0 Å². The molecule has 4 rings (SSSR count). The number of anilines is 1. The molecular formula is C17H21F3N2O. The van der Waals surface area contributed by atoms with Crippen molar-refractivity contribution in [2.24, 2.45) is 5.92 Å². The average Bonchev–Trinajstić information content (AvgIpc) is 3.30. The topological polar surface area (TPSA) is 24.5 Å². The Bertz CT molecular complexity index is 613. The van der Waals surface area contributed by atoms with Crippen molar-refractivity contribution in [2.45, 2.75) is 37.4 Å². The number of fused-ring (bicyclic) bond motifs is 3. The molecular weight excluding hydrogens is 305 g/mol. The summed E-state index contributed by atoms with van der Waals surface area (Å²) in [6.07, 6.45) is -1.26. The van der Waals surface area contributed by atoms with Crippen LogP contribution >= 0.6 is 0 Å². The zero-order valence-corrected chi connectivity index (χ0v) is 13.1. The summed E-state index contributed by atoms with van der Waals surface area (Å²) < 4.78 is 46.4. The Balaban J connectivity index is 1.75. The lowest BCUT2D eigenvalue weighted by molar-refractivity contribution is -0.137. The first-order chi connectivity index (χ1) is 10.9. The van der Waals surface area contributed by atoms with Crippen molar-refractivity contribution in [1.82, 2.24) is 5.32 Å². The molecule has 1 N–H and O–H groups in total. The Hall–Kier alpha value is -1.43. The van der Waals surface area contributed by atoms with E-state index in [4.69, 9.17) is 4.74 Å².